The molecule has 0 aliphatic heterocycles. The molecule has 154 valence electrons. The van der Waals surface area contributed by atoms with E-state index in [1.807, 2.05) is 0 Å². The van der Waals surface area contributed by atoms with Gasteiger partial charge in [0.25, 0.3) is 0 Å². The largest absolute Gasteiger partial charge is 0.481 e. The highest BCUT2D eigenvalue weighted by Gasteiger charge is 2.27. The van der Waals surface area contributed by atoms with Gasteiger partial charge >= 0.3 is 11.9 Å². The summed E-state index contributed by atoms with van der Waals surface area (Å²) in [6.45, 7) is 0.295. The van der Waals surface area contributed by atoms with Crippen molar-refractivity contribution in [3.05, 3.63) is 0 Å². The van der Waals surface area contributed by atoms with Crippen LogP contribution in [-0.2, 0) is 19.2 Å². The summed E-state index contributed by atoms with van der Waals surface area (Å²) >= 11 is 3.96. The summed E-state index contributed by atoms with van der Waals surface area (Å²) < 4.78 is 0. The maximum atomic E-state index is 12.2. The fourth-order valence-corrected chi connectivity index (χ4v) is 2.18. The number of nitrogens with two attached hydrogens (primary N) is 3. The van der Waals surface area contributed by atoms with Crippen LogP contribution in [0.1, 0.15) is 25.7 Å². The molecule has 2 amide bonds. The number of aliphatic carboxylic acids is 2. The van der Waals surface area contributed by atoms with Crippen LogP contribution in [0.5, 0.6) is 0 Å². The van der Waals surface area contributed by atoms with Crippen LogP contribution in [0, 0.1) is 0 Å². The molecule has 0 aromatic rings. The Morgan fingerprint density at radius 2 is 1.59 bits per heavy atom. The van der Waals surface area contributed by atoms with Gasteiger partial charge in [0.1, 0.15) is 12.1 Å². The van der Waals surface area contributed by atoms with Crippen molar-refractivity contribution in [3.8, 4) is 0 Å². The summed E-state index contributed by atoms with van der Waals surface area (Å²) in [5.74, 6) is -4.18. The second-order valence-corrected chi connectivity index (χ2v) is 6.00. The molecular weight excluding hydrogens is 380 g/mol. The van der Waals surface area contributed by atoms with E-state index in [1.54, 1.807) is 0 Å². The zero-order chi connectivity index (χ0) is 21.0. The number of carboxylic acids is 2. The molecule has 12 nitrogen and oxygen atoms in total. The van der Waals surface area contributed by atoms with E-state index in [0.29, 0.717) is 13.0 Å². The number of carboxylic acid groups (broad SMARTS) is 2. The Morgan fingerprint density at radius 1 is 1.00 bits per heavy atom. The molecule has 0 aliphatic rings. The molecule has 0 rings (SSSR count). The highest BCUT2D eigenvalue weighted by atomic mass is 32.1. The van der Waals surface area contributed by atoms with Crippen molar-refractivity contribution in [2.45, 2.75) is 43.8 Å². The summed E-state index contributed by atoms with van der Waals surface area (Å²) in [5, 5.41) is 22.2. The Bertz CT molecular complexity index is 568. The third-order valence-electron chi connectivity index (χ3n) is 3.38. The van der Waals surface area contributed by atoms with E-state index in [2.05, 4.69) is 28.3 Å². The van der Waals surface area contributed by atoms with Gasteiger partial charge in [-0.2, -0.15) is 12.6 Å². The second kappa shape index (κ2) is 12.8. The third-order valence-corrected chi connectivity index (χ3v) is 3.75. The second-order valence-electron chi connectivity index (χ2n) is 5.63. The number of thiol groups is 1. The van der Waals surface area contributed by atoms with E-state index in [9.17, 15) is 19.2 Å². The van der Waals surface area contributed by atoms with E-state index >= 15 is 0 Å². The van der Waals surface area contributed by atoms with Gasteiger partial charge in [0.15, 0.2) is 5.96 Å². The van der Waals surface area contributed by atoms with Gasteiger partial charge in [0.2, 0.25) is 11.8 Å². The molecular formula is C14H26N6O6S. The number of hydrogen-bond acceptors (Lipinski definition) is 7. The Hall–Kier alpha value is -2.54. The standard InChI is InChI=1S/C14H26N6O6S/c15-7(2-1-5-18-14(16)17)11(23)20-9(6-27)12(24)19-8(13(25)26)3-4-10(21)22/h7-9,27H,1-6,15H2,(H,19,24)(H,20,23)(H,21,22)(H,25,26)(H4,16,17,18). The van der Waals surface area contributed by atoms with Crippen LogP contribution >= 0.6 is 12.6 Å². The molecule has 13 heteroatoms. The normalized spacial score (nSPS) is 13.7. The Kier molecular flexibility index (Phi) is 11.6. The van der Waals surface area contributed by atoms with Gasteiger partial charge in [-0.15, -0.1) is 0 Å². The Morgan fingerprint density at radius 3 is 2.07 bits per heavy atom. The minimum atomic E-state index is -1.40. The number of hydrogen-bond donors (Lipinski definition) is 8. The molecule has 3 unspecified atom stereocenters. The molecule has 3 atom stereocenters. The van der Waals surface area contributed by atoms with E-state index < -0.39 is 48.3 Å². The van der Waals surface area contributed by atoms with Gasteiger partial charge < -0.3 is 38.0 Å². The molecule has 0 heterocycles. The predicted molar refractivity (Wildman–Crippen MR) is 100 cm³/mol. The number of rotatable bonds is 13. The van der Waals surface area contributed by atoms with E-state index in [1.165, 1.54) is 0 Å². The van der Waals surface area contributed by atoms with Crippen molar-refractivity contribution in [2.75, 3.05) is 12.3 Å². The van der Waals surface area contributed by atoms with Crippen molar-refractivity contribution in [1.29, 1.82) is 0 Å². The summed E-state index contributed by atoms with van der Waals surface area (Å²) in [4.78, 5) is 49.6. The molecule has 0 bridgehead atoms. The number of carbonyl (C=O) groups excluding carboxylic acids is 2. The Labute approximate surface area is 161 Å². The van der Waals surface area contributed by atoms with Crippen LogP contribution in [-0.4, -0.2) is 70.3 Å². The van der Waals surface area contributed by atoms with Gasteiger partial charge in [-0.1, -0.05) is 0 Å². The van der Waals surface area contributed by atoms with E-state index in [-0.39, 0.29) is 24.6 Å². The molecule has 0 saturated carbocycles. The lowest BCUT2D eigenvalue weighted by atomic mass is 10.1. The predicted octanol–water partition coefficient (Wildman–Crippen LogP) is -2.78. The van der Waals surface area contributed by atoms with Crippen LogP contribution in [0.4, 0.5) is 0 Å². The number of guanidine groups is 1. The first-order chi connectivity index (χ1) is 12.6. The minimum absolute atomic E-state index is 0.0734. The smallest absolute Gasteiger partial charge is 0.326 e. The van der Waals surface area contributed by atoms with E-state index in [4.69, 9.17) is 27.4 Å². The SMILES string of the molecule is NC(N)=NCCCC(N)C(=O)NC(CS)C(=O)NC(CCC(=O)O)C(=O)O. The van der Waals surface area contributed by atoms with Crippen LogP contribution in [0.15, 0.2) is 4.99 Å². The van der Waals surface area contributed by atoms with Crippen molar-refractivity contribution < 1.29 is 29.4 Å². The lowest BCUT2D eigenvalue weighted by molar-refractivity contribution is -0.143. The fraction of sp³-hybridized carbons (Fsp3) is 0.643. The first-order valence-corrected chi connectivity index (χ1v) is 8.68. The molecule has 10 N–H and O–H groups in total. The number of nitrogens with zero attached hydrogens (tertiary/aromatic N) is 1. The highest BCUT2D eigenvalue weighted by Crippen LogP contribution is 2.01. The topological polar surface area (TPSA) is 223 Å². The van der Waals surface area contributed by atoms with Gasteiger partial charge in [0.05, 0.1) is 6.04 Å². The summed E-state index contributed by atoms with van der Waals surface area (Å²) in [6.07, 6.45) is -0.0237. The lowest BCUT2D eigenvalue weighted by Crippen LogP contribution is -2.55. The first kappa shape index (κ1) is 24.5. The third kappa shape index (κ3) is 10.9. The summed E-state index contributed by atoms with van der Waals surface area (Å²) in [7, 11) is 0. The molecule has 0 spiro atoms. The lowest BCUT2D eigenvalue weighted by Gasteiger charge is -2.21. The molecule has 27 heavy (non-hydrogen) atoms. The van der Waals surface area contributed by atoms with Gasteiger partial charge in [-0.05, 0) is 19.3 Å². The van der Waals surface area contributed by atoms with Crippen LogP contribution in [0.2, 0.25) is 0 Å². The quantitative estimate of drug-likeness (QED) is 0.0684. The molecule has 0 fully saturated rings. The van der Waals surface area contributed by atoms with Crippen molar-refractivity contribution in [2.24, 2.45) is 22.2 Å². The molecule has 0 aromatic carbocycles. The average molecular weight is 406 g/mol. The van der Waals surface area contributed by atoms with Crippen molar-refractivity contribution >= 4 is 42.3 Å². The molecule has 0 radical (unpaired) electrons. The highest BCUT2D eigenvalue weighted by molar-refractivity contribution is 7.80. The first-order valence-electron chi connectivity index (χ1n) is 8.05. The fourth-order valence-electron chi connectivity index (χ4n) is 1.92. The minimum Gasteiger partial charge on any atom is -0.481 e. The van der Waals surface area contributed by atoms with Gasteiger partial charge in [-0.25, -0.2) is 4.79 Å². The average Bonchev–Trinajstić information content (AvgIpc) is 2.58. The van der Waals surface area contributed by atoms with Crippen LogP contribution in [0.25, 0.3) is 0 Å². The summed E-state index contributed by atoms with van der Waals surface area (Å²) in [5.41, 5.74) is 16.1. The molecule has 0 aromatic heterocycles. The van der Waals surface area contributed by atoms with Gasteiger partial charge in [-0.3, -0.25) is 19.4 Å². The number of nitrogens with one attached hydrogen (secondary N) is 2. The summed E-state index contributed by atoms with van der Waals surface area (Å²) in [6, 6.07) is -3.45. The van der Waals surface area contributed by atoms with Crippen LogP contribution < -0.4 is 27.8 Å². The Balaban J connectivity index is 4.63. The zero-order valence-electron chi connectivity index (χ0n) is 14.6. The number of carbonyl (C=O) groups is 4. The molecule has 0 aliphatic carbocycles. The maximum Gasteiger partial charge on any atom is 0.326 e. The number of aliphatic imine (C=N–C) groups is 1. The van der Waals surface area contributed by atoms with Crippen molar-refractivity contribution in [3.63, 3.8) is 0 Å². The van der Waals surface area contributed by atoms with Crippen LogP contribution in [0.3, 0.4) is 0 Å². The van der Waals surface area contributed by atoms with Crippen molar-refractivity contribution in [1.82, 2.24) is 10.6 Å². The number of amides is 2. The zero-order valence-corrected chi connectivity index (χ0v) is 15.5. The maximum absolute atomic E-state index is 12.2. The van der Waals surface area contributed by atoms with Gasteiger partial charge in [0, 0.05) is 18.7 Å². The monoisotopic (exact) mass is 406 g/mol. The molecule has 0 saturated heterocycles. The van der Waals surface area contributed by atoms with E-state index in [0.717, 1.165) is 0 Å².